The molecule has 0 aromatic heterocycles. The third kappa shape index (κ3) is 5.71. The number of nitrogens with zero attached hydrogens (tertiary/aromatic N) is 1. The zero-order valence-corrected chi connectivity index (χ0v) is 17.2. The van der Waals surface area contributed by atoms with Crippen molar-refractivity contribution in [3.63, 3.8) is 0 Å². The molecule has 0 unspecified atom stereocenters. The Morgan fingerprint density at radius 2 is 1.93 bits per heavy atom. The van der Waals surface area contributed by atoms with Crippen molar-refractivity contribution in [3.05, 3.63) is 64.7 Å². The predicted octanol–water partition coefficient (Wildman–Crippen LogP) is 2.74. The summed E-state index contributed by atoms with van der Waals surface area (Å²) >= 11 is 5.90. The Balaban J connectivity index is 1.71. The number of aryl methyl sites for hydroxylation is 1. The summed E-state index contributed by atoms with van der Waals surface area (Å²) in [6.45, 7) is 3.11. The molecule has 6 nitrogen and oxygen atoms in total. The Morgan fingerprint density at radius 3 is 2.62 bits per heavy atom. The molecule has 0 aliphatic carbocycles. The number of rotatable bonds is 7. The monoisotopic (exact) mass is 416 g/mol. The Labute approximate surface area is 175 Å². The molecule has 0 spiro atoms. The van der Waals surface area contributed by atoms with Gasteiger partial charge in [0, 0.05) is 11.6 Å². The minimum atomic E-state index is -0.981. The second-order valence-electron chi connectivity index (χ2n) is 7.34. The summed E-state index contributed by atoms with van der Waals surface area (Å²) in [5.74, 6) is 0.0889. The minimum Gasteiger partial charge on any atom is -0.490 e. The van der Waals surface area contributed by atoms with Gasteiger partial charge in [0.2, 0.25) is 11.8 Å². The van der Waals surface area contributed by atoms with Crippen molar-refractivity contribution in [2.75, 3.05) is 26.3 Å². The number of carbonyl (C=O) groups excluding carboxylic acids is 2. The number of hydrogen-bond donors (Lipinski definition) is 1. The summed E-state index contributed by atoms with van der Waals surface area (Å²) in [5.41, 5.74) is 6.55. The number of carbonyl (C=O) groups is 2. The third-order valence-corrected chi connectivity index (χ3v) is 5.27. The molecule has 1 heterocycles. The first-order valence-corrected chi connectivity index (χ1v) is 9.88. The van der Waals surface area contributed by atoms with Crippen LogP contribution in [0.15, 0.2) is 48.5 Å². The van der Waals surface area contributed by atoms with Gasteiger partial charge in [-0.1, -0.05) is 35.9 Å². The maximum Gasteiger partial charge on any atom is 0.227 e. The molecule has 2 aromatic rings. The van der Waals surface area contributed by atoms with Crippen molar-refractivity contribution in [1.82, 2.24) is 4.90 Å². The fraction of sp³-hybridized carbons (Fsp3) is 0.364. The summed E-state index contributed by atoms with van der Waals surface area (Å²) in [4.78, 5) is 26.3. The SMILES string of the molecule is Cc1ccccc1CC(=O)N1CCO[C@](COc2ccc(Cl)cc2)(CC(N)=O)C1. The molecule has 1 fully saturated rings. The van der Waals surface area contributed by atoms with E-state index in [9.17, 15) is 9.59 Å². The van der Waals surface area contributed by atoms with Crippen LogP contribution in [0.1, 0.15) is 17.5 Å². The number of benzene rings is 2. The third-order valence-electron chi connectivity index (χ3n) is 5.02. The average Bonchev–Trinajstić information content (AvgIpc) is 2.69. The van der Waals surface area contributed by atoms with Crippen molar-refractivity contribution < 1.29 is 19.1 Å². The molecule has 1 aliphatic heterocycles. The highest BCUT2D eigenvalue weighted by molar-refractivity contribution is 6.30. The largest absolute Gasteiger partial charge is 0.490 e. The quantitative estimate of drug-likeness (QED) is 0.752. The maximum absolute atomic E-state index is 12.9. The van der Waals surface area contributed by atoms with Crippen molar-refractivity contribution in [3.8, 4) is 5.75 Å². The van der Waals surface area contributed by atoms with Crippen LogP contribution in [0, 0.1) is 6.92 Å². The summed E-state index contributed by atoms with van der Waals surface area (Å²) in [5, 5.41) is 0.603. The maximum atomic E-state index is 12.9. The molecule has 1 atom stereocenters. The number of nitrogens with two attached hydrogens (primary N) is 1. The van der Waals surface area contributed by atoms with E-state index in [2.05, 4.69) is 0 Å². The molecule has 29 heavy (non-hydrogen) atoms. The second-order valence-corrected chi connectivity index (χ2v) is 7.77. The predicted molar refractivity (Wildman–Crippen MR) is 111 cm³/mol. The van der Waals surface area contributed by atoms with Gasteiger partial charge < -0.3 is 20.1 Å². The smallest absolute Gasteiger partial charge is 0.227 e. The Hall–Kier alpha value is -2.57. The van der Waals surface area contributed by atoms with E-state index >= 15 is 0 Å². The van der Waals surface area contributed by atoms with Gasteiger partial charge in [0.05, 0.1) is 26.0 Å². The average molecular weight is 417 g/mol. The van der Waals surface area contributed by atoms with Crippen LogP contribution < -0.4 is 10.5 Å². The fourth-order valence-electron chi connectivity index (χ4n) is 3.45. The lowest BCUT2D eigenvalue weighted by molar-refractivity contribution is -0.161. The van der Waals surface area contributed by atoms with Crippen LogP contribution in [0.4, 0.5) is 0 Å². The van der Waals surface area contributed by atoms with Crippen molar-refractivity contribution in [2.45, 2.75) is 25.4 Å². The van der Waals surface area contributed by atoms with Gasteiger partial charge in [0.1, 0.15) is 18.0 Å². The van der Waals surface area contributed by atoms with Crippen molar-refractivity contribution >= 4 is 23.4 Å². The van der Waals surface area contributed by atoms with Gasteiger partial charge in [0.15, 0.2) is 0 Å². The first-order chi connectivity index (χ1) is 13.9. The van der Waals surface area contributed by atoms with Gasteiger partial charge in [-0.2, -0.15) is 0 Å². The molecule has 3 rings (SSSR count). The molecule has 1 saturated heterocycles. The molecule has 2 aromatic carbocycles. The molecule has 154 valence electrons. The lowest BCUT2D eigenvalue weighted by Gasteiger charge is -2.42. The number of halogens is 1. The minimum absolute atomic E-state index is 0.0112. The standard InChI is InChI=1S/C22H25ClN2O4/c1-16-4-2-3-5-17(16)12-21(27)25-10-11-29-22(14-25,13-20(24)26)15-28-19-8-6-18(23)7-9-19/h2-9H,10-15H2,1H3,(H2,24,26)/t22-/m1/s1. The highest BCUT2D eigenvalue weighted by Gasteiger charge is 2.40. The van der Waals surface area contributed by atoms with Crippen LogP contribution in [0.3, 0.4) is 0 Å². The zero-order valence-electron chi connectivity index (χ0n) is 16.4. The van der Waals surface area contributed by atoms with Crippen LogP contribution in [0.25, 0.3) is 0 Å². The van der Waals surface area contributed by atoms with E-state index < -0.39 is 11.5 Å². The highest BCUT2D eigenvalue weighted by atomic mass is 35.5. The molecule has 0 radical (unpaired) electrons. The summed E-state index contributed by atoms with van der Waals surface area (Å²) in [6.07, 6.45) is 0.270. The lowest BCUT2D eigenvalue weighted by atomic mass is 9.96. The van der Waals surface area contributed by atoms with Gasteiger partial charge >= 0.3 is 0 Å². The summed E-state index contributed by atoms with van der Waals surface area (Å²) in [6, 6.07) is 14.7. The summed E-state index contributed by atoms with van der Waals surface area (Å²) < 4.78 is 11.8. The first-order valence-electron chi connectivity index (χ1n) is 9.50. The first kappa shape index (κ1) is 21.1. The van der Waals surface area contributed by atoms with Gasteiger partial charge in [-0.25, -0.2) is 0 Å². The van der Waals surface area contributed by atoms with Crippen LogP contribution in [-0.4, -0.2) is 48.6 Å². The Bertz CT molecular complexity index is 871. The van der Waals surface area contributed by atoms with E-state index in [1.165, 1.54) is 0 Å². The van der Waals surface area contributed by atoms with E-state index in [0.29, 0.717) is 30.3 Å². The molecule has 0 bridgehead atoms. The lowest BCUT2D eigenvalue weighted by Crippen LogP contribution is -2.58. The van der Waals surface area contributed by atoms with Gasteiger partial charge in [0.25, 0.3) is 0 Å². The number of primary amides is 1. The van der Waals surface area contributed by atoms with Crippen molar-refractivity contribution in [2.24, 2.45) is 5.73 Å². The van der Waals surface area contributed by atoms with Crippen LogP contribution in [-0.2, 0) is 20.7 Å². The number of morpholine rings is 1. The second kappa shape index (κ2) is 9.29. The van der Waals surface area contributed by atoms with Crippen molar-refractivity contribution in [1.29, 1.82) is 0 Å². The van der Waals surface area contributed by atoms with Gasteiger partial charge in [-0.15, -0.1) is 0 Å². The van der Waals surface area contributed by atoms with Crippen LogP contribution >= 0.6 is 11.6 Å². The van der Waals surface area contributed by atoms with Crippen LogP contribution in [0.2, 0.25) is 5.02 Å². The topological polar surface area (TPSA) is 81.9 Å². The van der Waals surface area contributed by atoms with E-state index in [1.54, 1.807) is 29.2 Å². The summed E-state index contributed by atoms with van der Waals surface area (Å²) in [7, 11) is 0. The Kier molecular flexibility index (Phi) is 6.77. The molecule has 2 N–H and O–H groups in total. The molecule has 7 heteroatoms. The zero-order chi connectivity index (χ0) is 20.9. The number of amides is 2. The molecule has 0 saturated carbocycles. The van der Waals surface area contributed by atoms with E-state index in [1.807, 2.05) is 31.2 Å². The number of ether oxygens (including phenoxy) is 2. The molecule has 1 aliphatic rings. The normalized spacial score (nSPS) is 19.0. The van der Waals surface area contributed by atoms with E-state index in [0.717, 1.165) is 11.1 Å². The number of hydrogen-bond acceptors (Lipinski definition) is 4. The van der Waals surface area contributed by atoms with E-state index in [4.69, 9.17) is 26.8 Å². The van der Waals surface area contributed by atoms with Gasteiger partial charge in [-0.3, -0.25) is 9.59 Å². The Morgan fingerprint density at radius 1 is 1.21 bits per heavy atom. The fourth-order valence-corrected chi connectivity index (χ4v) is 3.58. The highest BCUT2D eigenvalue weighted by Crippen LogP contribution is 2.25. The molecular formula is C22H25ClN2O4. The molecular weight excluding hydrogens is 392 g/mol. The van der Waals surface area contributed by atoms with E-state index in [-0.39, 0.29) is 25.5 Å². The van der Waals surface area contributed by atoms with Crippen LogP contribution in [0.5, 0.6) is 5.75 Å². The molecule has 2 amide bonds. The van der Waals surface area contributed by atoms with Gasteiger partial charge in [-0.05, 0) is 42.3 Å².